The lowest BCUT2D eigenvalue weighted by atomic mass is 9.89. The molecule has 4 aromatic heterocycles. The van der Waals surface area contributed by atoms with E-state index in [1.165, 1.54) is 19.5 Å². The number of anilines is 2. The summed E-state index contributed by atoms with van der Waals surface area (Å²) in [5.41, 5.74) is 3.41. The number of carbonyl (C=O) groups is 1. The van der Waals surface area contributed by atoms with Crippen LogP contribution in [0.3, 0.4) is 0 Å². The molecule has 0 aliphatic heterocycles. The first-order valence-corrected chi connectivity index (χ1v) is 15.2. The standard InChI is InChI=1S/C32H30ClN11O2/c1-46-32-38-15-22(16-39-32)26-18-36-27(19-35-26)44(28(45)12-7-20-5-3-2-4-6-20)24-10-8-23(9-11-24)41-31-37-14-21(13-34)29(42-31)30-25(33)17-40-43-30/h2-6,14-19,23-24H,7-12H2,1H3,(H,40,43)(H,37,41,42)/t23-,24-. The van der Waals surface area contributed by atoms with Crippen LogP contribution in [0.2, 0.25) is 5.02 Å². The Bertz CT molecular complexity index is 1820. The van der Waals surface area contributed by atoms with Gasteiger partial charge in [-0.3, -0.25) is 19.8 Å². The summed E-state index contributed by atoms with van der Waals surface area (Å²) in [4.78, 5) is 42.1. The lowest BCUT2D eigenvalue weighted by Gasteiger charge is -2.36. The van der Waals surface area contributed by atoms with E-state index in [1.807, 2.05) is 30.3 Å². The normalized spacial score (nSPS) is 15.9. The van der Waals surface area contributed by atoms with Crippen LogP contribution < -0.4 is 15.0 Å². The fraction of sp³-hybridized carbons (Fsp3) is 0.281. The maximum absolute atomic E-state index is 13.8. The number of carbonyl (C=O) groups excluding carboxylic acids is 1. The molecule has 6 rings (SSSR count). The van der Waals surface area contributed by atoms with Gasteiger partial charge >= 0.3 is 6.01 Å². The first-order chi connectivity index (χ1) is 22.5. The molecule has 5 aromatic rings. The number of ether oxygens (including phenoxy) is 1. The van der Waals surface area contributed by atoms with Gasteiger partial charge in [0, 0.05) is 42.7 Å². The number of benzene rings is 1. The Kier molecular flexibility index (Phi) is 9.35. The van der Waals surface area contributed by atoms with Crippen LogP contribution in [0.25, 0.3) is 22.6 Å². The second-order valence-corrected chi connectivity index (χ2v) is 11.2. The molecule has 46 heavy (non-hydrogen) atoms. The predicted octanol–water partition coefficient (Wildman–Crippen LogP) is 5.04. The highest BCUT2D eigenvalue weighted by molar-refractivity contribution is 6.32. The van der Waals surface area contributed by atoms with Crippen molar-refractivity contribution in [2.75, 3.05) is 17.3 Å². The number of nitrogens with one attached hydrogen (secondary N) is 2. The topological polar surface area (TPSA) is 171 Å². The van der Waals surface area contributed by atoms with Crippen molar-refractivity contribution in [3.05, 3.63) is 83.7 Å². The molecule has 0 saturated heterocycles. The smallest absolute Gasteiger partial charge is 0.316 e. The Morgan fingerprint density at radius 3 is 2.46 bits per heavy atom. The SMILES string of the molecule is COc1ncc(-c2cnc(N(C(=O)CCc3ccccc3)[C@H]3CC[C@H](Nc4ncc(C#N)c(-c5n[nH]cc5Cl)n4)CC3)cn2)cn1. The first kappa shape index (κ1) is 30.5. The van der Waals surface area contributed by atoms with Crippen molar-refractivity contribution in [2.45, 2.75) is 50.6 Å². The van der Waals surface area contributed by atoms with Gasteiger partial charge in [0.25, 0.3) is 0 Å². The number of nitrogens with zero attached hydrogens (tertiary/aromatic N) is 9. The summed E-state index contributed by atoms with van der Waals surface area (Å²) in [6.45, 7) is 0. The van der Waals surface area contributed by atoms with Crippen LogP contribution in [0.4, 0.5) is 11.8 Å². The predicted molar refractivity (Wildman–Crippen MR) is 171 cm³/mol. The minimum atomic E-state index is -0.0638. The summed E-state index contributed by atoms with van der Waals surface area (Å²) < 4.78 is 5.04. The molecule has 1 aromatic carbocycles. The largest absolute Gasteiger partial charge is 0.467 e. The minimum Gasteiger partial charge on any atom is -0.467 e. The first-order valence-electron chi connectivity index (χ1n) is 14.8. The monoisotopic (exact) mass is 635 g/mol. The Labute approximate surface area is 270 Å². The number of H-pyrrole nitrogens is 1. The molecule has 0 radical (unpaired) electrons. The van der Waals surface area contributed by atoms with Crippen LogP contribution >= 0.6 is 11.6 Å². The van der Waals surface area contributed by atoms with Crippen LogP contribution in [0.15, 0.2) is 67.5 Å². The molecule has 232 valence electrons. The second-order valence-electron chi connectivity index (χ2n) is 10.8. The zero-order valence-corrected chi connectivity index (χ0v) is 25.7. The molecule has 13 nitrogen and oxygen atoms in total. The van der Waals surface area contributed by atoms with Crippen molar-refractivity contribution in [2.24, 2.45) is 0 Å². The molecule has 1 amide bonds. The number of aromatic nitrogens is 8. The van der Waals surface area contributed by atoms with Gasteiger partial charge in [-0.25, -0.2) is 24.9 Å². The molecule has 0 unspecified atom stereocenters. The molecule has 2 N–H and O–H groups in total. The van der Waals surface area contributed by atoms with E-state index in [1.54, 1.807) is 29.7 Å². The lowest BCUT2D eigenvalue weighted by molar-refractivity contribution is -0.119. The molecule has 1 fully saturated rings. The van der Waals surface area contributed by atoms with Crippen molar-refractivity contribution in [1.82, 2.24) is 40.1 Å². The Hall–Kier alpha value is -5.48. The van der Waals surface area contributed by atoms with E-state index < -0.39 is 0 Å². The van der Waals surface area contributed by atoms with E-state index in [4.69, 9.17) is 16.3 Å². The van der Waals surface area contributed by atoms with Gasteiger partial charge in [0.1, 0.15) is 17.5 Å². The van der Waals surface area contributed by atoms with E-state index in [9.17, 15) is 10.1 Å². The van der Waals surface area contributed by atoms with Crippen molar-refractivity contribution < 1.29 is 9.53 Å². The molecule has 1 aliphatic rings. The quantitative estimate of drug-likeness (QED) is 0.211. The fourth-order valence-electron chi connectivity index (χ4n) is 5.50. The molecule has 1 saturated carbocycles. The van der Waals surface area contributed by atoms with Gasteiger partial charge in [0.15, 0.2) is 5.82 Å². The van der Waals surface area contributed by atoms with Crippen LogP contribution in [0.5, 0.6) is 6.01 Å². The minimum absolute atomic E-state index is 0.00829. The summed E-state index contributed by atoms with van der Waals surface area (Å²) in [6, 6.07) is 12.3. The van der Waals surface area contributed by atoms with E-state index in [2.05, 4.69) is 51.5 Å². The van der Waals surface area contributed by atoms with E-state index in [0.29, 0.717) is 52.3 Å². The third-order valence-electron chi connectivity index (χ3n) is 7.85. The number of aromatic amines is 1. The Balaban J connectivity index is 1.17. The van der Waals surface area contributed by atoms with Crippen molar-refractivity contribution in [1.29, 1.82) is 5.26 Å². The number of rotatable bonds is 10. The summed E-state index contributed by atoms with van der Waals surface area (Å²) in [5, 5.41) is 20.1. The zero-order chi connectivity index (χ0) is 31.9. The highest BCUT2D eigenvalue weighted by Crippen LogP contribution is 2.31. The molecular formula is C32H30ClN11O2. The average Bonchev–Trinajstić information content (AvgIpc) is 3.54. The summed E-state index contributed by atoms with van der Waals surface area (Å²) in [5.74, 6) is 0.880. The highest BCUT2D eigenvalue weighted by atomic mass is 35.5. The van der Waals surface area contributed by atoms with Crippen molar-refractivity contribution >= 4 is 29.3 Å². The number of methoxy groups -OCH3 is 1. The molecule has 0 atom stereocenters. The van der Waals surface area contributed by atoms with Gasteiger partial charge in [-0.1, -0.05) is 41.9 Å². The number of nitriles is 1. The van der Waals surface area contributed by atoms with Crippen LogP contribution in [-0.4, -0.2) is 65.2 Å². The molecule has 0 spiro atoms. The van der Waals surface area contributed by atoms with Gasteiger partial charge in [-0.2, -0.15) is 10.4 Å². The van der Waals surface area contributed by atoms with Crippen molar-refractivity contribution in [3.8, 4) is 34.7 Å². The maximum Gasteiger partial charge on any atom is 0.316 e. The summed E-state index contributed by atoms with van der Waals surface area (Å²) in [6.07, 6.45) is 13.5. The second kappa shape index (κ2) is 14.1. The summed E-state index contributed by atoms with van der Waals surface area (Å²) in [7, 11) is 1.51. The third kappa shape index (κ3) is 6.92. The third-order valence-corrected chi connectivity index (χ3v) is 8.14. The number of hydrogen-bond acceptors (Lipinski definition) is 11. The Morgan fingerprint density at radius 2 is 1.80 bits per heavy atom. The molecular weight excluding hydrogens is 606 g/mol. The number of aryl methyl sites for hydroxylation is 1. The van der Waals surface area contributed by atoms with Gasteiger partial charge in [0.2, 0.25) is 11.9 Å². The fourth-order valence-corrected chi connectivity index (χ4v) is 5.68. The zero-order valence-electron chi connectivity index (χ0n) is 25.0. The van der Waals surface area contributed by atoms with E-state index in [-0.39, 0.29) is 29.6 Å². The average molecular weight is 636 g/mol. The number of hydrogen-bond donors (Lipinski definition) is 2. The lowest BCUT2D eigenvalue weighted by Crippen LogP contribution is -2.45. The van der Waals surface area contributed by atoms with Crippen LogP contribution in [0, 0.1) is 11.3 Å². The van der Waals surface area contributed by atoms with Crippen LogP contribution in [-0.2, 0) is 11.2 Å². The van der Waals surface area contributed by atoms with E-state index >= 15 is 0 Å². The highest BCUT2D eigenvalue weighted by Gasteiger charge is 2.31. The van der Waals surface area contributed by atoms with Crippen LogP contribution in [0.1, 0.15) is 43.2 Å². The van der Waals surface area contributed by atoms with Gasteiger partial charge in [-0.05, 0) is 37.7 Å². The van der Waals surface area contributed by atoms with E-state index in [0.717, 1.165) is 31.2 Å². The Morgan fingerprint density at radius 1 is 1.02 bits per heavy atom. The maximum atomic E-state index is 13.8. The van der Waals surface area contributed by atoms with Crippen molar-refractivity contribution in [3.63, 3.8) is 0 Å². The number of halogens is 1. The van der Waals surface area contributed by atoms with Gasteiger partial charge < -0.3 is 10.1 Å². The molecule has 0 bridgehead atoms. The van der Waals surface area contributed by atoms with Gasteiger partial charge in [0.05, 0.1) is 42.0 Å². The van der Waals surface area contributed by atoms with Gasteiger partial charge in [-0.15, -0.1) is 0 Å². The molecule has 4 heterocycles. The molecule has 14 heteroatoms. The summed E-state index contributed by atoms with van der Waals surface area (Å²) >= 11 is 6.24. The molecule has 1 aliphatic carbocycles. The number of amides is 1.